The summed E-state index contributed by atoms with van der Waals surface area (Å²) >= 11 is 1.87. The summed E-state index contributed by atoms with van der Waals surface area (Å²) in [7, 11) is 0. The number of fused-ring (bicyclic) bond motifs is 6. The number of hydrogen-bond acceptors (Lipinski definition) is 1. The maximum Gasteiger partial charge on any atom is 0.0541 e. The van der Waals surface area contributed by atoms with Crippen LogP contribution in [0.1, 0.15) is 0 Å². The molecule has 2 aromatic heterocycles. The molecule has 0 aliphatic heterocycles. The van der Waals surface area contributed by atoms with Gasteiger partial charge in [-0.2, -0.15) is 0 Å². The van der Waals surface area contributed by atoms with Crippen LogP contribution in [0, 0.1) is 0 Å². The van der Waals surface area contributed by atoms with E-state index in [0.717, 1.165) is 0 Å². The highest BCUT2D eigenvalue weighted by Gasteiger charge is 2.13. The molecule has 1 nitrogen and oxygen atoms in total. The van der Waals surface area contributed by atoms with Gasteiger partial charge >= 0.3 is 0 Å². The summed E-state index contributed by atoms with van der Waals surface area (Å²) in [6.45, 7) is 0. The molecule has 32 heavy (non-hydrogen) atoms. The molecule has 0 aliphatic carbocycles. The first kappa shape index (κ1) is 17.8. The summed E-state index contributed by atoms with van der Waals surface area (Å²) in [5, 5.41) is 5.24. The van der Waals surface area contributed by atoms with E-state index in [1.54, 1.807) is 0 Å². The van der Waals surface area contributed by atoms with Gasteiger partial charge in [-0.05, 0) is 53.6 Å². The van der Waals surface area contributed by atoms with Crippen molar-refractivity contribution in [3.8, 4) is 16.8 Å². The van der Waals surface area contributed by atoms with Crippen molar-refractivity contribution >= 4 is 53.3 Å². The average Bonchev–Trinajstić information content (AvgIpc) is 3.39. The minimum absolute atomic E-state index is 1.21. The first-order valence-corrected chi connectivity index (χ1v) is 11.7. The van der Waals surface area contributed by atoms with Crippen molar-refractivity contribution < 1.29 is 0 Å². The smallest absolute Gasteiger partial charge is 0.0541 e. The lowest BCUT2D eigenvalue weighted by molar-refractivity contribution is 1.19. The molecule has 0 spiro atoms. The SMILES string of the molecule is c1ccc(-c2ccc3sc4ccc(-n5c6ccccc6c6ccccc65)cc4c3c2)cc1. The van der Waals surface area contributed by atoms with Crippen LogP contribution in [-0.4, -0.2) is 4.57 Å². The molecule has 0 N–H and O–H groups in total. The molecular weight excluding hydrogens is 406 g/mol. The van der Waals surface area contributed by atoms with Crippen molar-refractivity contribution in [3.63, 3.8) is 0 Å². The number of nitrogens with zero attached hydrogens (tertiary/aromatic N) is 1. The van der Waals surface area contributed by atoms with E-state index in [-0.39, 0.29) is 0 Å². The normalized spacial score (nSPS) is 11.8. The van der Waals surface area contributed by atoms with Crippen LogP contribution in [0.3, 0.4) is 0 Å². The fraction of sp³-hybridized carbons (Fsp3) is 0. The lowest BCUT2D eigenvalue weighted by atomic mass is 10.0. The van der Waals surface area contributed by atoms with Gasteiger partial charge in [0, 0.05) is 36.6 Å². The number of rotatable bonds is 2. The topological polar surface area (TPSA) is 4.93 Å². The van der Waals surface area contributed by atoms with Crippen molar-refractivity contribution in [1.82, 2.24) is 4.57 Å². The van der Waals surface area contributed by atoms with Crippen LogP contribution in [0.5, 0.6) is 0 Å². The standard InChI is InChI=1S/C30H19NS/c1-2-8-20(9-3-1)21-14-16-29-25(18-21)26-19-22(15-17-30(26)32-29)31-27-12-6-4-10-23(27)24-11-5-7-13-28(24)31/h1-19H. The van der Waals surface area contributed by atoms with E-state index in [1.807, 2.05) is 11.3 Å². The number of para-hydroxylation sites is 2. The minimum Gasteiger partial charge on any atom is -0.309 e. The number of thiophene rings is 1. The van der Waals surface area contributed by atoms with Crippen LogP contribution in [-0.2, 0) is 0 Å². The maximum absolute atomic E-state index is 2.40. The van der Waals surface area contributed by atoms with E-state index in [4.69, 9.17) is 0 Å². The van der Waals surface area contributed by atoms with Crippen LogP contribution in [0.15, 0.2) is 115 Å². The number of hydrogen-bond donors (Lipinski definition) is 0. The molecule has 0 bridgehead atoms. The number of aromatic nitrogens is 1. The lowest BCUT2D eigenvalue weighted by Gasteiger charge is -2.08. The zero-order valence-corrected chi connectivity index (χ0v) is 18.1. The van der Waals surface area contributed by atoms with Crippen LogP contribution in [0.25, 0.3) is 58.8 Å². The van der Waals surface area contributed by atoms with Gasteiger partial charge < -0.3 is 4.57 Å². The Balaban J connectivity index is 1.52. The van der Waals surface area contributed by atoms with Gasteiger partial charge in [0.05, 0.1) is 11.0 Å². The molecule has 0 atom stereocenters. The molecule has 0 fully saturated rings. The first-order chi connectivity index (χ1) is 15.9. The fourth-order valence-electron chi connectivity index (χ4n) is 4.92. The Labute approximate surface area is 189 Å². The van der Waals surface area contributed by atoms with Gasteiger partial charge in [0.25, 0.3) is 0 Å². The second-order valence-electron chi connectivity index (χ2n) is 8.23. The zero-order valence-electron chi connectivity index (χ0n) is 17.3. The van der Waals surface area contributed by atoms with Gasteiger partial charge in [0.15, 0.2) is 0 Å². The summed E-state index contributed by atoms with van der Waals surface area (Å²) in [5.74, 6) is 0. The van der Waals surface area contributed by atoms with E-state index in [1.165, 1.54) is 58.8 Å². The first-order valence-electron chi connectivity index (χ1n) is 10.9. The lowest BCUT2D eigenvalue weighted by Crippen LogP contribution is -1.93. The molecule has 0 radical (unpaired) electrons. The molecular formula is C30H19NS. The van der Waals surface area contributed by atoms with Gasteiger partial charge in [-0.25, -0.2) is 0 Å². The van der Waals surface area contributed by atoms with Crippen molar-refractivity contribution in [2.45, 2.75) is 0 Å². The highest BCUT2D eigenvalue weighted by atomic mass is 32.1. The van der Waals surface area contributed by atoms with E-state index in [2.05, 4.69) is 120 Å². The number of benzene rings is 5. The molecule has 5 aromatic carbocycles. The Bertz CT molecular complexity index is 1720. The molecule has 0 saturated carbocycles. The average molecular weight is 426 g/mol. The molecule has 2 heteroatoms. The highest BCUT2D eigenvalue weighted by molar-refractivity contribution is 7.25. The molecule has 0 amide bonds. The van der Waals surface area contributed by atoms with Gasteiger partial charge in [-0.15, -0.1) is 11.3 Å². The Kier molecular flexibility index (Phi) is 3.78. The molecule has 7 rings (SSSR count). The summed E-state index contributed by atoms with van der Waals surface area (Å²) < 4.78 is 5.06. The largest absolute Gasteiger partial charge is 0.309 e. The monoisotopic (exact) mass is 425 g/mol. The second-order valence-corrected chi connectivity index (χ2v) is 9.31. The predicted molar refractivity (Wildman–Crippen MR) is 139 cm³/mol. The molecule has 0 aliphatic rings. The Hall–Kier alpha value is -3.88. The van der Waals surface area contributed by atoms with Crippen molar-refractivity contribution in [1.29, 1.82) is 0 Å². The Morgan fingerprint density at radius 3 is 1.75 bits per heavy atom. The van der Waals surface area contributed by atoms with E-state index in [0.29, 0.717) is 0 Å². The zero-order chi connectivity index (χ0) is 21.1. The van der Waals surface area contributed by atoms with E-state index >= 15 is 0 Å². The van der Waals surface area contributed by atoms with Gasteiger partial charge in [-0.1, -0.05) is 72.8 Å². The predicted octanol–water partition coefficient (Wildman–Crippen LogP) is 8.82. The molecule has 2 heterocycles. The van der Waals surface area contributed by atoms with Crippen molar-refractivity contribution in [2.75, 3.05) is 0 Å². The molecule has 0 saturated heterocycles. The highest BCUT2D eigenvalue weighted by Crippen LogP contribution is 2.39. The second kappa shape index (κ2) is 6.81. The summed E-state index contributed by atoms with van der Waals surface area (Å²) in [6.07, 6.45) is 0. The fourth-order valence-corrected chi connectivity index (χ4v) is 5.98. The summed E-state index contributed by atoms with van der Waals surface area (Å²) in [6, 6.07) is 41.8. The van der Waals surface area contributed by atoms with E-state index < -0.39 is 0 Å². The third-order valence-electron chi connectivity index (χ3n) is 6.40. The van der Waals surface area contributed by atoms with Crippen LogP contribution in [0.4, 0.5) is 0 Å². The summed E-state index contributed by atoms with van der Waals surface area (Å²) in [5.41, 5.74) is 6.22. The van der Waals surface area contributed by atoms with Crippen molar-refractivity contribution in [3.05, 3.63) is 115 Å². The quantitative estimate of drug-likeness (QED) is 0.261. The Morgan fingerprint density at radius 1 is 0.438 bits per heavy atom. The Morgan fingerprint density at radius 2 is 1.03 bits per heavy atom. The minimum atomic E-state index is 1.21. The molecule has 150 valence electrons. The maximum atomic E-state index is 2.40. The van der Waals surface area contributed by atoms with Gasteiger partial charge in [-0.3, -0.25) is 0 Å². The van der Waals surface area contributed by atoms with Gasteiger partial charge in [0.2, 0.25) is 0 Å². The van der Waals surface area contributed by atoms with Crippen LogP contribution < -0.4 is 0 Å². The van der Waals surface area contributed by atoms with Crippen LogP contribution >= 0.6 is 11.3 Å². The van der Waals surface area contributed by atoms with E-state index in [9.17, 15) is 0 Å². The van der Waals surface area contributed by atoms with Crippen molar-refractivity contribution in [2.24, 2.45) is 0 Å². The third-order valence-corrected chi connectivity index (χ3v) is 7.55. The molecule has 0 unspecified atom stereocenters. The molecule has 7 aromatic rings. The van der Waals surface area contributed by atoms with Gasteiger partial charge in [0.1, 0.15) is 0 Å². The third kappa shape index (κ3) is 2.57. The van der Waals surface area contributed by atoms with Crippen LogP contribution in [0.2, 0.25) is 0 Å². The summed E-state index contributed by atoms with van der Waals surface area (Å²) in [4.78, 5) is 0.